The summed E-state index contributed by atoms with van der Waals surface area (Å²) in [4.78, 5) is 14.1. The molecule has 0 bridgehead atoms. The third-order valence-corrected chi connectivity index (χ3v) is 3.37. The molecule has 3 heteroatoms. The summed E-state index contributed by atoms with van der Waals surface area (Å²) in [7, 11) is 0. The quantitative estimate of drug-likeness (QED) is 0.858. The lowest BCUT2D eigenvalue weighted by molar-refractivity contribution is 0.194. The maximum Gasteiger partial charge on any atom is 0.317 e. The first kappa shape index (κ1) is 16.5. The van der Waals surface area contributed by atoms with Crippen molar-refractivity contribution in [1.82, 2.24) is 10.2 Å². The third kappa shape index (κ3) is 5.24. The average molecular weight is 276 g/mol. The molecule has 1 aromatic rings. The molecule has 0 aliphatic carbocycles. The van der Waals surface area contributed by atoms with E-state index in [2.05, 4.69) is 38.2 Å². The maximum atomic E-state index is 12.3. The van der Waals surface area contributed by atoms with Crippen LogP contribution in [0, 0.1) is 5.41 Å². The topological polar surface area (TPSA) is 32.3 Å². The second kappa shape index (κ2) is 7.32. The summed E-state index contributed by atoms with van der Waals surface area (Å²) in [6.45, 7) is 12.1. The lowest BCUT2D eigenvalue weighted by Crippen LogP contribution is -2.42. The first-order chi connectivity index (χ1) is 9.37. The predicted octanol–water partition coefficient (Wildman–Crippen LogP) is 4.22. The zero-order valence-corrected chi connectivity index (χ0v) is 13.4. The van der Waals surface area contributed by atoms with E-state index in [9.17, 15) is 4.79 Å². The number of carbonyl (C=O) groups is 1. The SMILES string of the molecule is CCN(CC)C(=O)NC(CC(C)(C)C)c1ccccc1. The number of hydrogen-bond acceptors (Lipinski definition) is 1. The Morgan fingerprint density at radius 3 is 2.15 bits per heavy atom. The van der Waals surface area contributed by atoms with Gasteiger partial charge in [-0.3, -0.25) is 0 Å². The summed E-state index contributed by atoms with van der Waals surface area (Å²) < 4.78 is 0. The molecule has 0 fully saturated rings. The van der Waals surface area contributed by atoms with Crippen LogP contribution in [0.25, 0.3) is 0 Å². The van der Waals surface area contributed by atoms with Crippen LogP contribution in [0.2, 0.25) is 0 Å². The molecule has 0 saturated heterocycles. The van der Waals surface area contributed by atoms with Gasteiger partial charge in [-0.15, -0.1) is 0 Å². The van der Waals surface area contributed by atoms with Crippen molar-refractivity contribution in [3.63, 3.8) is 0 Å². The molecule has 0 radical (unpaired) electrons. The highest BCUT2D eigenvalue weighted by Gasteiger charge is 2.23. The van der Waals surface area contributed by atoms with Crippen LogP contribution in [0.1, 0.15) is 52.6 Å². The van der Waals surface area contributed by atoms with Crippen molar-refractivity contribution >= 4 is 6.03 Å². The van der Waals surface area contributed by atoms with Crippen molar-refractivity contribution in [1.29, 1.82) is 0 Å². The van der Waals surface area contributed by atoms with Crippen molar-refractivity contribution in [3.8, 4) is 0 Å². The van der Waals surface area contributed by atoms with Gasteiger partial charge in [0, 0.05) is 13.1 Å². The highest BCUT2D eigenvalue weighted by Crippen LogP contribution is 2.29. The number of amides is 2. The Kier molecular flexibility index (Phi) is 6.05. The molecule has 1 atom stereocenters. The molecule has 0 heterocycles. The van der Waals surface area contributed by atoms with Crippen LogP contribution in [0.15, 0.2) is 30.3 Å². The molecule has 0 aliphatic rings. The van der Waals surface area contributed by atoms with Crippen molar-refractivity contribution in [3.05, 3.63) is 35.9 Å². The maximum absolute atomic E-state index is 12.3. The summed E-state index contributed by atoms with van der Waals surface area (Å²) in [5, 5.41) is 3.18. The van der Waals surface area contributed by atoms with E-state index in [4.69, 9.17) is 0 Å². The van der Waals surface area contributed by atoms with Crippen molar-refractivity contribution in [2.24, 2.45) is 5.41 Å². The zero-order chi connectivity index (χ0) is 15.2. The molecular formula is C17H28N2O. The monoisotopic (exact) mass is 276 g/mol. The minimum absolute atomic E-state index is 0.0214. The molecule has 1 unspecified atom stereocenters. The molecule has 1 rings (SSSR count). The molecule has 2 amide bonds. The van der Waals surface area contributed by atoms with Gasteiger partial charge >= 0.3 is 6.03 Å². The lowest BCUT2D eigenvalue weighted by Gasteiger charge is -2.29. The smallest absolute Gasteiger partial charge is 0.317 e. The normalized spacial score (nSPS) is 12.8. The van der Waals surface area contributed by atoms with Gasteiger partial charge < -0.3 is 10.2 Å². The van der Waals surface area contributed by atoms with Crippen LogP contribution in [0.4, 0.5) is 4.79 Å². The summed E-state index contributed by atoms with van der Waals surface area (Å²) in [6, 6.07) is 10.3. The van der Waals surface area contributed by atoms with Crippen LogP contribution in [-0.4, -0.2) is 24.0 Å². The highest BCUT2D eigenvalue weighted by atomic mass is 16.2. The Morgan fingerprint density at radius 2 is 1.70 bits per heavy atom. The fourth-order valence-corrected chi connectivity index (χ4v) is 2.30. The highest BCUT2D eigenvalue weighted by molar-refractivity contribution is 5.74. The summed E-state index contributed by atoms with van der Waals surface area (Å²) in [6.07, 6.45) is 0.921. The van der Waals surface area contributed by atoms with E-state index in [1.165, 1.54) is 5.56 Å². The van der Waals surface area contributed by atoms with Crippen LogP contribution in [0.3, 0.4) is 0 Å². The number of rotatable bonds is 5. The largest absolute Gasteiger partial charge is 0.331 e. The molecule has 112 valence electrons. The minimum atomic E-state index is 0.0214. The summed E-state index contributed by atoms with van der Waals surface area (Å²) in [5.74, 6) is 0. The van der Waals surface area contributed by atoms with Crippen molar-refractivity contribution < 1.29 is 4.79 Å². The van der Waals surface area contributed by atoms with Gasteiger partial charge in [-0.05, 0) is 31.2 Å². The van der Waals surface area contributed by atoms with Gasteiger partial charge in [0.05, 0.1) is 6.04 Å². The Hall–Kier alpha value is -1.51. The van der Waals surface area contributed by atoms with Gasteiger partial charge in [-0.1, -0.05) is 51.1 Å². The van der Waals surface area contributed by atoms with Crippen LogP contribution < -0.4 is 5.32 Å². The Bertz CT molecular complexity index is 405. The van der Waals surface area contributed by atoms with Crippen molar-refractivity contribution in [2.75, 3.05) is 13.1 Å². The van der Waals surface area contributed by atoms with E-state index in [0.717, 1.165) is 19.5 Å². The molecule has 1 N–H and O–H groups in total. The number of nitrogens with one attached hydrogen (secondary N) is 1. The first-order valence-electron chi connectivity index (χ1n) is 7.47. The number of carbonyl (C=O) groups excluding carboxylic acids is 1. The lowest BCUT2D eigenvalue weighted by atomic mass is 9.85. The van der Waals surface area contributed by atoms with Gasteiger partial charge in [0.1, 0.15) is 0 Å². The second-order valence-electron chi connectivity index (χ2n) is 6.35. The van der Waals surface area contributed by atoms with Crippen molar-refractivity contribution in [2.45, 2.75) is 47.1 Å². The zero-order valence-electron chi connectivity index (χ0n) is 13.4. The molecule has 0 spiro atoms. The molecule has 3 nitrogen and oxygen atoms in total. The van der Waals surface area contributed by atoms with Crippen LogP contribution in [-0.2, 0) is 0 Å². The van der Waals surface area contributed by atoms with Gasteiger partial charge in [-0.2, -0.15) is 0 Å². The molecule has 0 saturated carbocycles. The van der Waals surface area contributed by atoms with Gasteiger partial charge in [0.25, 0.3) is 0 Å². The van der Waals surface area contributed by atoms with E-state index in [1.807, 2.05) is 36.9 Å². The van der Waals surface area contributed by atoms with Crippen LogP contribution in [0.5, 0.6) is 0 Å². The fraction of sp³-hybridized carbons (Fsp3) is 0.588. The predicted molar refractivity (Wildman–Crippen MR) is 84.7 cm³/mol. The van der Waals surface area contributed by atoms with Gasteiger partial charge in [0.2, 0.25) is 0 Å². The van der Waals surface area contributed by atoms with E-state index in [-0.39, 0.29) is 17.5 Å². The first-order valence-corrected chi connectivity index (χ1v) is 7.47. The third-order valence-electron chi connectivity index (χ3n) is 3.37. The van der Waals surface area contributed by atoms with Crippen LogP contribution >= 0.6 is 0 Å². The fourth-order valence-electron chi connectivity index (χ4n) is 2.30. The summed E-state index contributed by atoms with van der Waals surface area (Å²) >= 11 is 0. The number of hydrogen-bond donors (Lipinski definition) is 1. The number of nitrogens with zero attached hydrogens (tertiary/aromatic N) is 1. The molecule has 0 aliphatic heterocycles. The number of urea groups is 1. The number of benzene rings is 1. The van der Waals surface area contributed by atoms with E-state index >= 15 is 0 Å². The standard InChI is InChI=1S/C17H28N2O/c1-6-19(7-2)16(20)18-15(13-17(3,4)5)14-11-9-8-10-12-14/h8-12,15H,6-7,13H2,1-5H3,(H,18,20). The Morgan fingerprint density at radius 1 is 1.15 bits per heavy atom. The van der Waals surface area contributed by atoms with E-state index in [0.29, 0.717) is 0 Å². The Labute approximate surface area is 123 Å². The Balaban J connectivity index is 2.86. The molecule has 1 aromatic carbocycles. The molecular weight excluding hydrogens is 248 g/mol. The molecule has 0 aromatic heterocycles. The minimum Gasteiger partial charge on any atom is -0.331 e. The van der Waals surface area contributed by atoms with E-state index in [1.54, 1.807) is 0 Å². The summed E-state index contributed by atoms with van der Waals surface area (Å²) in [5.41, 5.74) is 1.33. The van der Waals surface area contributed by atoms with E-state index < -0.39 is 0 Å². The second-order valence-corrected chi connectivity index (χ2v) is 6.35. The molecule has 20 heavy (non-hydrogen) atoms. The van der Waals surface area contributed by atoms with Gasteiger partial charge in [0.15, 0.2) is 0 Å². The average Bonchev–Trinajstić information content (AvgIpc) is 2.39. The van der Waals surface area contributed by atoms with Gasteiger partial charge in [-0.25, -0.2) is 4.79 Å².